The third-order valence-corrected chi connectivity index (χ3v) is 7.47. The van der Waals surface area contributed by atoms with Crippen molar-refractivity contribution < 1.29 is 14.2 Å². The highest BCUT2D eigenvalue weighted by Crippen LogP contribution is 2.36. The molecule has 0 saturated carbocycles. The van der Waals surface area contributed by atoms with Gasteiger partial charge in [0, 0.05) is 27.5 Å². The van der Waals surface area contributed by atoms with Gasteiger partial charge >= 0.3 is 7.48 Å². The van der Waals surface area contributed by atoms with Gasteiger partial charge in [-0.3, -0.25) is 0 Å². The van der Waals surface area contributed by atoms with Crippen molar-refractivity contribution in [1.82, 2.24) is 15.0 Å². The van der Waals surface area contributed by atoms with Crippen molar-refractivity contribution in [2.24, 2.45) is 0 Å². The summed E-state index contributed by atoms with van der Waals surface area (Å²) in [4.78, 5) is 14.9. The van der Waals surface area contributed by atoms with Crippen LogP contribution in [0.15, 0.2) is 101 Å². The van der Waals surface area contributed by atoms with Crippen molar-refractivity contribution in [3.05, 3.63) is 97.1 Å². The highest BCUT2D eigenvalue weighted by molar-refractivity contribution is 6.49. The second-order valence-electron chi connectivity index (χ2n) is 10.8. The third kappa shape index (κ3) is 4.79. The molecule has 0 bridgehead atoms. The van der Waals surface area contributed by atoms with Crippen LogP contribution in [0.5, 0.6) is 0 Å². The van der Waals surface area contributed by atoms with Crippen molar-refractivity contribution in [2.45, 2.75) is 38.9 Å². The van der Waals surface area contributed by atoms with Gasteiger partial charge in [0.2, 0.25) is 0 Å². The Bertz CT molecular complexity index is 1820. The Hall–Kier alpha value is -4.33. The van der Waals surface area contributed by atoms with E-state index in [4.69, 9.17) is 24.0 Å². The number of aliphatic hydroxyl groups is 1. The van der Waals surface area contributed by atoms with Gasteiger partial charge in [-0.25, -0.2) is 15.0 Å². The minimum Gasteiger partial charge on any atom is -0.456 e. The number of furan rings is 1. The summed E-state index contributed by atoms with van der Waals surface area (Å²) in [5.41, 5.74) is 3.05. The topological polar surface area (TPSA) is 81.3 Å². The predicted molar refractivity (Wildman–Crippen MR) is 160 cm³/mol. The van der Waals surface area contributed by atoms with E-state index >= 15 is 0 Å². The van der Waals surface area contributed by atoms with E-state index in [2.05, 4.69) is 6.07 Å². The molecule has 6 nitrogen and oxygen atoms in total. The van der Waals surface area contributed by atoms with Crippen LogP contribution in [0.3, 0.4) is 0 Å². The second-order valence-corrected chi connectivity index (χ2v) is 10.8. The lowest BCUT2D eigenvalue weighted by Gasteiger charge is -2.37. The zero-order valence-corrected chi connectivity index (χ0v) is 22.9. The summed E-state index contributed by atoms with van der Waals surface area (Å²) >= 11 is 0. The fourth-order valence-corrected chi connectivity index (χ4v) is 4.45. The van der Waals surface area contributed by atoms with Crippen molar-refractivity contribution in [2.75, 3.05) is 0 Å². The van der Waals surface area contributed by atoms with E-state index in [0.29, 0.717) is 17.5 Å². The smallest absolute Gasteiger partial charge is 0.331 e. The van der Waals surface area contributed by atoms with Gasteiger partial charge in [-0.1, -0.05) is 84.9 Å². The van der Waals surface area contributed by atoms with Gasteiger partial charge in [0.1, 0.15) is 11.2 Å². The zero-order valence-electron chi connectivity index (χ0n) is 22.9. The Morgan fingerprint density at radius 1 is 0.650 bits per heavy atom. The number of nitrogens with zero attached hydrogens (tertiary/aromatic N) is 3. The number of aromatic nitrogens is 3. The first kappa shape index (κ1) is 25.9. The average molecular weight is 526 g/mol. The first-order chi connectivity index (χ1) is 19.2. The molecule has 0 aliphatic heterocycles. The molecule has 0 spiro atoms. The van der Waals surface area contributed by atoms with E-state index in [9.17, 15) is 5.11 Å². The molecule has 2 aromatic heterocycles. The molecule has 1 radical (unpaired) electrons. The van der Waals surface area contributed by atoms with Gasteiger partial charge in [0.15, 0.2) is 17.5 Å². The van der Waals surface area contributed by atoms with Crippen LogP contribution in [0.4, 0.5) is 0 Å². The van der Waals surface area contributed by atoms with Crippen LogP contribution in [0, 0.1) is 0 Å². The predicted octanol–water partition coefficient (Wildman–Crippen LogP) is 6.58. The molecule has 4 aromatic carbocycles. The van der Waals surface area contributed by atoms with Gasteiger partial charge in [-0.05, 0) is 45.3 Å². The maximum absolute atomic E-state index is 10.6. The van der Waals surface area contributed by atoms with E-state index in [1.165, 1.54) is 0 Å². The summed E-state index contributed by atoms with van der Waals surface area (Å²) in [5, 5.41) is 12.6. The number of hydrogen-bond acceptors (Lipinski definition) is 6. The quantitative estimate of drug-likeness (QED) is 0.237. The maximum atomic E-state index is 10.6. The SMILES string of the molecule is CC(C)(O)C(C)(C)O[B]c1ccccc1-c1nc(-c2ccccc2)nc(-c2cccc3oc4ccccc4c23)n1. The largest absolute Gasteiger partial charge is 0.456 e. The summed E-state index contributed by atoms with van der Waals surface area (Å²) in [7, 11) is 1.67. The molecule has 0 unspecified atom stereocenters. The van der Waals surface area contributed by atoms with E-state index in [1.807, 2.05) is 105 Å². The summed E-state index contributed by atoms with van der Waals surface area (Å²) in [6.45, 7) is 7.18. The normalized spacial score (nSPS) is 12.2. The van der Waals surface area contributed by atoms with Crippen molar-refractivity contribution >= 4 is 34.9 Å². The van der Waals surface area contributed by atoms with E-state index < -0.39 is 11.2 Å². The third-order valence-electron chi connectivity index (χ3n) is 7.47. The molecule has 40 heavy (non-hydrogen) atoms. The van der Waals surface area contributed by atoms with Gasteiger partial charge < -0.3 is 14.2 Å². The molecule has 0 fully saturated rings. The minimum atomic E-state index is -1.05. The van der Waals surface area contributed by atoms with E-state index in [1.54, 1.807) is 21.3 Å². The fraction of sp³-hybridized carbons (Fsp3) is 0.182. The lowest BCUT2D eigenvalue weighted by Crippen LogP contribution is -2.49. The lowest BCUT2D eigenvalue weighted by atomic mass is 9.80. The molecule has 2 heterocycles. The molecule has 1 N–H and O–H groups in total. The summed E-state index contributed by atoms with van der Waals surface area (Å²) in [5.74, 6) is 1.64. The Morgan fingerprint density at radius 2 is 1.25 bits per heavy atom. The lowest BCUT2D eigenvalue weighted by molar-refractivity contribution is -0.0893. The van der Waals surface area contributed by atoms with Gasteiger partial charge in [-0.15, -0.1) is 0 Å². The van der Waals surface area contributed by atoms with Crippen LogP contribution in [-0.4, -0.2) is 38.7 Å². The molecule has 0 atom stereocenters. The molecular weight excluding hydrogens is 497 g/mol. The number of rotatable bonds is 7. The summed E-state index contributed by atoms with van der Waals surface area (Å²) < 4.78 is 12.3. The molecule has 197 valence electrons. The van der Waals surface area contributed by atoms with Gasteiger partial charge in [-0.2, -0.15) is 0 Å². The molecule has 0 aliphatic carbocycles. The van der Waals surface area contributed by atoms with Crippen molar-refractivity contribution in [1.29, 1.82) is 0 Å². The fourth-order valence-electron chi connectivity index (χ4n) is 4.45. The highest BCUT2D eigenvalue weighted by atomic mass is 16.5. The zero-order chi connectivity index (χ0) is 27.9. The number of hydrogen-bond donors (Lipinski definition) is 1. The number of para-hydroxylation sites is 1. The number of fused-ring (bicyclic) bond motifs is 3. The van der Waals surface area contributed by atoms with Crippen molar-refractivity contribution in [3.8, 4) is 34.2 Å². The van der Waals surface area contributed by atoms with Crippen LogP contribution in [0.25, 0.3) is 56.1 Å². The first-order valence-corrected chi connectivity index (χ1v) is 13.3. The molecule has 7 heteroatoms. The maximum Gasteiger partial charge on any atom is 0.331 e. The van der Waals surface area contributed by atoms with E-state index in [-0.39, 0.29) is 0 Å². The average Bonchev–Trinajstić information content (AvgIpc) is 3.35. The molecule has 0 amide bonds. The molecule has 0 aliphatic rings. The van der Waals surface area contributed by atoms with Crippen molar-refractivity contribution in [3.63, 3.8) is 0 Å². The molecule has 0 saturated heterocycles. The summed E-state index contributed by atoms with van der Waals surface area (Å²) in [6, 6.07) is 31.6. The van der Waals surface area contributed by atoms with Crippen LogP contribution in [0.2, 0.25) is 0 Å². The summed E-state index contributed by atoms with van der Waals surface area (Å²) in [6.07, 6.45) is 0. The van der Waals surface area contributed by atoms with Crippen LogP contribution in [0.1, 0.15) is 27.7 Å². The molecular formula is C33H29BN3O3. The van der Waals surface area contributed by atoms with Gasteiger partial charge in [0.25, 0.3) is 0 Å². The Balaban J connectivity index is 1.53. The molecule has 6 aromatic rings. The molecule has 6 rings (SSSR count). The monoisotopic (exact) mass is 526 g/mol. The van der Waals surface area contributed by atoms with E-state index in [0.717, 1.165) is 44.1 Å². The highest BCUT2D eigenvalue weighted by Gasteiger charge is 2.36. The van der Waals surface area contributed by atoms with Crippen LogP contribution < -0.4 is 5.46 Å². The minimum absolute atomic E-state index is 0.519. The second kappa shape index (κ2) is 10.0. The van der Waals surface area contributed by atoms with Crippen LogP contribution in [-0.2, 0) is 4.65 Å². The van der Waals surface area contributed by atoms with Gasteiger partial charge in [0.05, 0.1) is 11.2 Å². The first-order valence-electron chi connectivity index (χ1n) is 13.3. The Labute approximate surface area is 234 Å². The Kier molecular flexibility index (Phi) is 6.49. The Morgan fingerprint density at radius 3 is 2.02 bits per heavy atom. The standard InChI is InChI=1S/C33H29BN3O3/c1-32(2,38)33(3,4)40-34-25-18-10-8-15-22(25)30-35-29(21-13-6-5-7-14-21)36-31(37-30)24-17-12-20-27-28(24)23-16-9-11-19-26(23)39-27/h5-20,38H,1-4H3. The van der Waals surface area contributed by atoms with Crippen LogP contribution >= 0.6 is 0 Å². The number of benzene rings is 4.